The van der Waals surface area contributed by atoms with Crippen LogP contribution in [0.5, 0.6) is 0 Å². The molecule has 1 aromatic rings. The zero-order valence-electron chi connectivity index (χ0n) is 7.90. The van der Waals surface area contributed by atoms with Crippen molar-refractivity contribution in [3.8, 4) is 0 Å². The maximum atomic E-state index is 11.4. The minimum absolute atomic E-state index is 0.00583. The van der Waals surface area contributed by atoms with Crippen LogP contribution in [0.1, 0.15) is 6.92 Å². The molecule has 1 aromatic carbocycles. The zero-order chi connectivity index (χ0) is 9.68. The van der Waals surface area contributed by atoms with Crippen molar-refractivity contribution in [1.82, 2.24) is 0 Å². The van der Waals surface area contributed by atoms with Gasteiger partial charge in [0.2, 0.25) is 5.91 Å². The van der Waals surface area contributed by atoms with Gasteiger partial charge in [0.25, 0.3) is 0 Å². The third kappa shape index (κ3) is 2.44. The number of hydrogen-bond donors (Lipinski definition) is 0. The number of amides is 1. The number of anilines is 1. The number of allylic oxidation sites excluding steroid dienone is 1. The number of nitrogens with zero attached hydrogens (tertiary/aromatic N) is 1. The summed E-state index contributed by atoms with van der Waals surface area (Å²) >= 11 is 0. The monoisotopic (exact) mass is 175 g/mol. The van der Waals surface area contributed by atoms with Crippen LogP contribution in [0.2, 0.25) is 0 Å². The second-order valence-corrected chi connectivity index (χ2v) is 2.73. The van der Waals surface area contributed by atoms with Crippen molar-refractivity contribution in [3.05, 3.63) is 42.5 Å². The molecular weight excluding hydrogens is 162 g/mol. The molecule has 0 aliphatic heterocycles. The third-order valence-corrected chi connectivity index (χ3v) is 1.78. The number of carbonyl (C=O) groups is 1. The van der Waals surface area contributed by atoms with Crippen LogP contribution in [-0.4, -0.2) is 13.0 Å². The van der Waals surface area contributed by atoms with Crippen molar-refractivity contribution in [2.75, 3.05) is 11.9 Å². The van der Waals surface area contributed by atoms with Gasteiger partial charge >= 0.3 is 0 Å². The Balaban J connectivity index is 2.79. The topological polar surface area (TPSA) is 20.3 Å². The van der Waals surface area contributed by atoms with Crippen LogP contribution in [0, 0.1) is 0 Å². The highest BCUT2D eigenvalue weighted by molar-refractivity contribution is 6.00. The molecule has 1 rings (SSSR count). The maximum absolute atomic E-state index is 11.4. The van der Waals surface area contributed by atoms with Crippen molar-refractivity contribution in [1.29, 1.82) is 0 Å². The number of hydrogen-bond acceptors (Lipinski definition) is 1. The van der Waals surface area contributed by atoms with E-state index < -0.39 is 0 Å². The molecule has 1 amide bonds. The van der Waals surface area contributed by atoms with Crippen molar-refractivity contribution in [2.24, 2.45) is 0 Å². The van der Waals surface area contributed by atoms with Crippen LogP contribution in [0.25, 0.3) is 0 Å². The van der Waals surface area contributed by atoms with Gasteiger partial charge in [-0.1, -0.05) is 24.3 Å². The molecule has 0 aliphatic carbocycles. The van der Waals surface area contributed by atoms with Crippen molar-refractivity contribution < 1.29 is 4.79 Å². The van der Waals surface area contributed by atoms with E-state index in [2.05, 4.69) is 0 Å². The van der Waals surface area contributed by atoms with Crippen molar-refractivity contribution in [2.45, 2.75) is 6.92 Å². The standard InChI is InChI=1S/C11H13NO/c1-3-7-11(13)12(2)10-8-5-4-6-9-10/h3-9H,1-2H3. The molecule has 2 nitrogen and oxygen atoms in total. The van der Waals surface area contributed by atoms with E-state index >= 15 is 0 Å². The van der Waals surface area contributed by atoms with Crippen LogP contribution >= 0.6 is 0 Å². The van der Waals surface area contributed by atoms with E-state index in [9.17, 15) is 4.79 Å². The Morgan fingerprint density at radius 2 is 1.92 bits per heavy atom. The lowest BCUT2D eigenvalue weighted by atomic mass is 10.3. The predicted molar refractivity (Wildman–Crippen MR) is 54.7 cm³/mol. The molecule has 0 spiro atoms. The summed E-state index contributed by atoms with van der Waals surface area (Å²) in [5.41, 5.74) is 0.908. The lowest BCUT2D eigenvalue weighted by Gasteiger charge is -2.14. The maximum Gasteiger partial charge on any atom is 0.250 e. The van der Waals surface area contributed by atoms with E-state index in [-0.39, 0.29) is 5.91 Å². The normalized spacial score (nSPS) is 10.3. The second kappa shape index (κ2) is 4.45. The van der Waals surface area contributed by atoms with Crippen molar-refractivity contribution in [3.63, 3.8) is 0 Å². The number of para-hydroxylation sites is 1. The number of carbonyl (C=O) groups excluding carboxylic acids is 1. The van der Waals surface area contributed by atoms with E-state index in [1.807, 2.05) is 37.3 Å². The average molecular weight is 175 g/mol. The number of likely N-dealkylation sites (N-methyl/N-ethyl adjacent to an activating group) is 1. The van der Waals surface area contributed by atoms with Gasteiger partial charge in [0.15, 0.2) is 0 Å². The highest BCUT2D eigenvalue weighted by atomic mass is 16.2. The molecule has 0 heterocycles. The lowest BCUT2D eigenvalue weighted by Crippen LogP contribution is -2.23. The molecule has 0 fully saturated rings. The minimum atomic E-state index is -0.00583. The first kappa shape index (κ1) is 9.52. The Morgan fingerprint density at radius 1 is 1.31 bits per heavy atom. The average Bonchev–Trinajstić information content (AvgIpc) is 2.18. The first-order valence-corrected chi connectivity index (χ1v) is 4.21. The minimum Gasteiger partial charge on any atom is -0.312 e. The molecule has 0 N–H and O–H groups in total. The quantitative estimate of drug-likeness (QED) is 0.631. The summed E-state index contributed by atoms with van der Waals surface area (Å²) in [5.74, 6) is -0.00583. The fraction of sp³-hybridized carbons (Fsp3) is 0.182. The van der Waals surface area contributed by atoms with Crippen LogP contribution in [0.4, 0.5) is 5.69 Å². The molecule has 0 unspecified atom stereocenters. The smallest absolute Gasteiger partial charge is 0.250 e. The molecule has 0 radical (unpaired) electrons. The van der Waals surface area contributed by atoms with Gasteiger partial charge in [0.05, 0.1) is 0 Å². The Labute approximate surface area is 78.5 Å². The Morgan fingerprint density at radius 3 is 2.46 bits per heavy atom. The zero-order valence-corrected chi connectivity index (χ0v) is 7.90. The molecule has 2 heteroatoms. The predicted octanol–water partition coefficient (Wildman–Crippen LogP) is 2.23. The van der Waals surface area contributed by atoms with E-state index in [0.29, 0.717) is 0 Å². The van der Waals surface area contributed by atoms with E-state index in [4.69, 9.17) is 0 Å². The van der Waals surface area contributed by atoms with Gasteiger partial charge in [-0.2, -0.15) is 0 Å². The summed E-state index contributed by atoms with van der Waals surface area (Å²) in [6.07, 6.45) is 3.29. The van der Waals surface area contributed by atoms with E-state index in [1.54, 1.807) is 24.1 Å². The van der Waals surface area contributed by atoms with Gasteiger partial charge in [0.1, 0.15) is 0 Å². The third-order valence-electron chi connectivity index (χ3n) is 1.78. The summed E-state index contributed by atoms with van der Waals surface area (Å²) in [6.45, 7) is 1.83. The first-order chi connectivity index (χ1) is 6.25. The fourth-order valence-electron chi connectivity index (χ4n) is 1.03. The molecule has 0 atom stereocenters. The van der Waals surface area contributed by atoms with Crippen LogP contribution in [0.15, 0.2) is 42.5 Å². The first-order valence-electron chi connectivity index (χ1n) is 4.21. The summed E-state index contributed by atoms with van der Waals surface area (Å²) < 4.78 is 0. The van der Waals surface area contributed by atoms with Crippen LogP contribution in [0.3, 0.4) is 0 Å². The van der Waals surface area contributed by atoms with Gasteiger partial charge in [-0.3, -0.25) is 4.79 Å². The molecular formula is C11H13NO. The summed E-state index contributed by atoms with van der Waals surface area (Å²) in [4.78, 5) is 13.0. The molecule has 13 heavy (non-hydrogen) atoms. The fourth-order valence-corrected chi connectivity index (χ4v) is 1.03. The number of rotatable bonds is 2. The van der Waals surface area contributed by atoms with Gasteiger partial charge in [-0.15, -0.1) is 0 Å². The summed E-state index contributed by atoms with van der Waals surface area (Å²) in [5, 5.41) is 0. The number of benzene rings is 1. The molecule has 0 saturated heterocycles. The Kier molecular flexibility index (Phi) is 3.26. The lowest BCUT2D eigenvalue weighted by molar-refractivity contribution is -0.113. The largest absolute Gasteiger partial charge is 0.312 e. The molecule has 0 bridgehead atoms. The summed E-state index contributed by atoms with van der Waals surface area (Å²) in [6, 6.07) is 9.56. The highest BCUT2D eigenvalue weighted by Crippen LogP contribution is 2.10. The molecule has 68 valence electrons. The van der Waals surface area contributed by atoms with Gasteiger partial charge in [-0.05, 0) is 25.1 Å². The SMILES string of the molecule is CC=CC(=O)N(C)c1ccccc1. The Hall–Kier alpha value is -1.57. The van der Waals surface area contributed by atoms with Gasteiger partial charge in [0, 0.05) is 12.7 Å². The van der Waals surface area contributed by atoms with Gasteiger partial charge in [-0.25, -0.2) is 0 Å². The van der Waals surface area contributed by atoms with Crippen LogP contribution < -0.4 is 4.90 Å². The Bertz CT molecular complexity index is 303. The molecule has 0 saturated carbocycles. The summed E-state index contributed by atoms with van der Waals surface area (Å²) in [7, 11) is 1.76. The van der Waals surface area contributed by atoms with Crippen molar-refractivity contribution >= 4 is 11.6 Å². The van der Waals surface area contributed by atoms with E-state index in [1.165, 1.54) is 0 Å². The van der Waals surface area contributed by atoms with Crippen LogP contribution in [-0.2, 0) is 4.79 Å². The molecule has 0 aliphatic rings. The molecule has 0 aromatic heterocycles. The second-order valence-electron chi connectivity index (χ2n) is 2.73. The van der Waals surface area contributed by atoms with E-state index in [0.717, 1.165) is 5.69 Å². The highest BCUT2D eigenvalue weighted by Gasteiger charge is 2.04. The van der Waals surface area contributed by atoms with Gasteiger partial charge < -0.3 is 4.90 Å².